The van der Waals surface area contributed by atoms with E-state index in [0.717, 1.165) is 12.8 Å². The first-order valence-electron chi connectivity index (χ1n) is 5.54. The van der Waals surface area contributed by atoms with Crippen LogP contribution in [0.5, 0.6) is 0 Å². The van der Waals surface area contributed by atoms with Gasteiger partial charge in [-0.15, -0.1) is 0 Å². The molecule has 0 bridgehead atoms. The van der Waals surface area contributed by atoms with Crippen molar-refractivity contribution in [2.24, 2.45) is 5.92 Å². The van der Waals surface area contributed by atoms with Gasteiger partial charge in [-0.2, -0.15) is 0 Å². The molecule has 0 spiro atoms. The lowest BCUT2D eigenvalue weighted by Gasteiger charge is -2.26. The molecule has 1 amide bonds. The Bertz CT molecular complexity index is 246. The zero-order valence-electron chi connectivity index (χ0n) is 9.40. The molecule has 1 fully saturated rings. The van der Waals surface area contributed by atoms with Crippen molar-refractivity contribution >= 4 is 11.9 Å². The lowest BCUT2D eigenvalue weighted by molar-refractivity contribution is -0.139. The normalized spacial score (nSPS) is 15.4. The van der Waals surface area contributed by atoms with Crippen LogP contribution in [0.15, 0.2) is 0 Å². The molecule has 1 aliphatic rings. The van der Waals surface area contributed by atoms with Crippen LogP contribution in [-0.2, 0) is 9.59 Å². The first-order valence-corrected chi connectivity index (χ1v) is 5.54. The molecule has 86 valence electrons. The molecular weight excluding hydrogens is 194 g/mol. The molecule has 1 rings (SSSR count). The van der Waals surface area contributed by atoms with E-state index in [0.29, 0.717) is 13.0 Å². The number of carbonyl (C=O) groups excluding carboxylic acids is 1. The average molecular weight is 213 g/mol. The van der Waals surface area contributed by atoms with Gasteiger partial charge in [-0.05, 0) is 33.1 Å². The van der Waals surface area contributed by atoms with E-state index in [9.17, 15) is 9.59 Å². The first-order chi connectivity index (χ1) is 7.02. The molecule has 0 atom stereocenters. The molecule has 0 aromatic rings. The van der Waals surface area contributed by atoms with Crippen LogP contribution in [0.3, 0.4) is 0 Å². The number of hydrogen-bond donors (Lipinski definition) is 1. The summed E-state index contributed by atoms with van der Waals surface area (Å²) in [5.74, 6) is -0.370. The lowest BCUT2D eigenvalue weighted by atomic mass is 10.2. The van der Waals surface area contributed by atoms with Gasteiger partial charge < -0.3 is 10.0 Å². The van der Waals surface area contributed by atoms with Crippen LogP contribution >= 0.6 is 0 Å². The van der Waals surface area contributed by atoms with Crippen LogP contribution in [0.2, 0.25) is 0 Å². The highest BCUT2D eigenvalue weighted by Gasteiger charge is 2.34. The van der Waals surface area contributed by atoms with Gasteiger partial charge in [0.2, 0.25) is 5.91 Å². The molecule has 1 aliphatic carbocycles. The molecular formula is C11H19NO3. The van der Waals surface area contributed by atoms with E-state index in [1.165, 1.54) is 0 Å². The molecule has 4 nitrogen and oxygen atoms in total. The summed E-state index contributed by atoms with van der Waals surface area (Å²) in [7, 11) is 0. The fourth-order valence-corrected chi connectivity index (χ4v) is 1.59. The summed E-state index contributed by atoms with van der Waals surface area (Å²) in [5.41, 5.74) is 0. The fourth-order valence-electron chi connectivity index (χ4n) is 1.59. The second kappa shape index (κ2) is 5.14. The Kier molecular flexibility index (Phi) is 4.12. The molecule has 0 aliphatic heterocycles. The van der Waals surface area contributed by atoms with Crippen molar-refractivity contribution in [3.05, 3.63) is 0 Å². The fraction of sp³-hybridized carbons (Fsp3) is 0.818. The zero-order valence-corrected chi connectivity index (χ0v) is 9.40. The highest BCUT2D eigenvalue weighted by molar-refractivity contribution is 5.81. The highest BCUT2D eigenvalue weighted by atomic mass is 16.4. The maximum Gasteiger partial charge on any atom is 0.303 e. The van der Waals surface area contributed by atoms with Gasteiger partial charge >= 0.3 is 5.97 Å². The molecule has 0 heterocycles. The molecule has 15 heavy (non-hydrogen) atoms. The van der Waals surface area contributed by atoms with E-state index >= 15 is 0 Å². The van der Waals surface area contributed by atoms with Crippen LogP contribution in [0.1, 0.15) is 39.5 Å². The number of aliphatic carboxylic acids is 1. The second-order valence-electron chi connectivity index (χ2n) is 4.40. The second-order valence-corrected chi connectivity index (χ2v) is 4.40. The van der Waals surface area contributed by atoms with Crippen LogP contribution in [0.4, 0.5) is 0 Å². The van der Waals surface area contributed by atoms with Crippen molar-refractivity contribution in [2.75, 3.05) is 6.54 Å². The lowest BCUT2D eigenvalue weighted by Crippen LogP contribution is -2.38. The smallest absolute Gasteiger partial charge is 0.303 e. The Morgan fingerprint density at radius 3 is 2.40 bits per heavy atom. The molecule has 0 aromatic heterocycles. The van der Waals surface area contributed by atoms with E-state index < -0.39 is 5.97 Å². The molecule has 0 radical (unpaired) electrons. The summed E-state index contributed by atoms with van der Waals surface area (Å²) in [6.07, 6.45) is 2.69. The SMILES string of the molecule is CC(C)N(CCCC(=O)O)C(=O)C1CC1. The first kappa shape index (κ1) is 12.0. The third-order valence-electron chi connectivity index (χ3n) is 2.62. The van der Waals surface area contributed by atoms with Crippen LogP contribution in [0.25, 0.3) is 0 Å². The average Bonchev–Trinajstić information content (AvgIpc) is 2.93. The number of carboxylic acids is 1. The van der Waals surface area contributed by atoms with Gasteiger partial charge in [0, 0.05) is 24.9 Å². The molecule has 0 aromatic carbocycles. The van der Waals surface area contributed by atoms with Gasteiger partial charge in [0.1, 0.15) is 0 Å². The van der Waals surface area contributed by atoms with Crippen molar-refractivity contribution in [3.8, 4) is 0 Å². The van der Waals surface area contributed by atoms with Crippen LogP contribution in [-0.4, -0.2) is 34.5 Å². The third kappa shape index (κ3) is 3.90. The number of hydrogen-bond acceptors (Lipinski definition) is 2. The van der Waals surface area contributed by atoms with Gasteiger partial charge in [-0.3, -0.25) is 9.59 Å². The minimum Gasteiger partial charge on any atom is -0.481 e. The number of rotatable bonds is 6. The van der Waals surface area contributed by atoms with Crippen molar-refractivity contribution in [3.63, 3.8) is 0 Å². The van der Waals surface area contributed by atoms with Crippen molar-refractivity contribution in [1.82, 2.24) is 4.90 Å². The van der Waals surface area contributed by atoms with E-state index in [4.69, 9.17) is 5.11 Å². The Balaban J connectivity index is 2.36. The molecule has 1 N–H and O–H groups in total. The molecule has 0 unspecified atom stereocenters. The summed E-state index contributed by atoms with van der Waals surface area (Å²) in [5, 5.41) is 8.52. The third-order valence-corrected chi connectivity index (χ3v) is 2.62. The van der Waals surface area contributed by atoms with Gasteiger partial charge in [0.15, 0.2) is 0 Å². The highest BCUT2D eigenvalue weighted by Crippen LogP contribution is 2.31. The maximum atomic E-state index is 11.8. The Morgan fingerprint density at radius 1 is 1.40 bits per heavy atom. The standard InChI is InChI=1S/C11H19NO3/c1-8(2)12(7-3-4-10(13)14)11(15)9-5-6-9/h8-9H,3-7H2,1-2H3,(H,13,14). The van der Waals surface area contributed by atoms with Crippen molar-refractivity contribution in [2.45, 2.75) is 45.6 Å². The minimum atomic E-state index is -0.794. The minimum absolute atomic E-state index is 0.140. The summed E-state index contributed by atoms with van der Waals surface area (Å²) in [4.78, 5) is 24.0. The van der Waals surface area contributed by atoms with Gasteiger partial charge in [0.05, 0.1) is 0 Å². The quantitative estimate of drug-likeness (QED) is 0.727. The Hall–Kier alpha value is -1.06. The maximum absolute atomic E-state index is 11.8. The number of amides is 1. The van der Waals surface area contributed by atoms with E-state index in [-0.39, 0.29) is 24.3 Å². The monoisotopic (exact) mass is 213 g/mol. The number of carboxylic acid groups (broad SMARTS) is 1. The zero-order chi connectivity index (χ0) is 11.4. The van der Waals surface area contributed by atoms with Gasteiger partial charge in [-0.1, -0.05) is 0 Å². The summed E-state index contributed by atoms with van der Waals surface area (Å²) >= 11 is 0. The van der Waals surface area contributed by atoms with E-state index in [1.54, 1.807) is 4.90 Å². The summed E-state index contributed by atoms with van der Waals surface area (Å²) in [6, 6.07) is 0.173. The van der Waals surface area contributed by atoms with E-state index in [2.05, 4.69) is 0 Å². The summed E-state index contributed by atoms with van der Waals surface area (Å²) in [6.45, 7) is 4.52. The predicted octanol–water partition coefficient (Wildman–Crippen LogP) is 1.50. The Labute approximate surface area is 90.3 Å². The number of carbonyl (C=O) groups is 2. The summed E-state index contributed by atoms with van der Waals surface area (Å²) < 4.78 is 0. The largest absolute Gasteiger partial charge is 0.481 e. The predicted molar refractivity (Wildman–Crippen MR) is 56.4 cm³/mol. The Morgan fingerprint density at radius 2 is 2.00 bits per heavy atom. The van der Waals surface area contributed by atoms with Crippen molar-refractivity contribution in [1.29, 1.82) is 0 Å². The number of nitrogens with zero attached hydrogens (tertiary/aromatic N) is 1. The van der Waals surface area contributed by atoms with E-state index in [1.807, 2.05) is 13.8 Å². The van der Waals surface area contributed by atoms with Gasteiger partial charge in [-0.25, -0.2) is 0 Å². The molecule has 1 saturated carbocycles. The van der Waals surface area contributed by atoms with Crippen molar-refractivity contribution < 1.29 is 14.7 Å². The van der Waals surface area contributed by atoms with Crippen LogP contribution in [0, 0.1) is 5.92 Å². The topological polar surface area (TPSA) is 57.6 Å². The van der Waals surface area contributed by atoms with Crippen LogP contribution < -0.4 is 0 Å². The van der Waals surface area contributed by atoms with Gasteiger partial charge in [0.25, 0.3) is 0 Å². The molecule has 4 heteroatoms. The molecule has 0 saturated heterocycles.